The zero-order valence-corrected chi connectivity index (χ0v) is 15.3. The number of hydrogen-bond acceptors (Lipinski definition) is 3. The van der Waals surface area contributed by atoms with Crippen molar-refractivity contribution >= 4 is 44.8 Å². The van der Waals surface area contributed by atoms with Crippen LogP contribution in [-0.2, 0) is 10.0 Å². The van der Waals surface area contributed by atoms with Gasteiger partial charge < -0.3 is 5.32 Å². The van der Waals surface area contributed by atoms with Crippen LogP contribution in [0.15, 0.2) is 47.4 Å². The van der Waals surface area contributed by atoms with Crippen molar-refractivity contribution in [2.24, 2.45) is 0 Å². The molecular weight excluding hydrogens is 371 g/mol. The Hall–Kier alpha value is -1.76. The van der Waals surface area contributed by atoms with E-state index in [0.717, 1.165) is 0 Å². The van der Waals surface area contributed by atoms with Gasteiger partial charge >= 0.3 is 0 Å². The Morgan fingerprint density at radius 1 is 1.00 bits per heavy atom. The van der Waals surface area contributed by atoms with Gasteiger partial charge in [-0.25, -0.2) is 8.42 Å². The maximum absolute atomic E-state index is 12.4. The molecule has 0 aliphatic heterocycles. The molecule has 0 aromatic heterocycles. The summed E-state index contributed by atoms with van der Waals surface area (Å²) in [4.78, 5) is 11.9. The van der Waals surface area contributed by atoms with Crippen molar-refractivity contribution in [3.05, 3.63) is 58.1 Å². The van der Waals surface area contributed by atoms with Crippen LogP contribution in [0.1, 0.15) is 24.2 Å². The molecule has 0 heterocycles. The molecule has 2 rings (SSSR count). The molecule has 2 N–H and O–H groups in total. The third kappa shape index (κ3) is 4.63. The highest BCUT2D eigenvalue weighted by Crippen LogP contribution is 2.26. The average molecular weight is 387 g/mol. The molecule has 0 saturated carbocycles. The quantitative estimate of drug-likeness (QED) is 0.816. The van der Waals surface area contributed by atoms with Gasteiger partial charge in [-0.1, -0.05) is 23.2 Å². The van der Waals surface area contributed by atoms with Crippen molar-refractivity contribution in [2.45, 2.75) is 24.8 Å². The van der Waals surface area contributed by atoms with E-state index in [9.17, 15) is 13.2 Å². The Balaban J connectivity index is 2.20. The van der Waals surface area contributed by atoms with Crippen LogP contribution in [0.5, 0.6) is 0 Å². The second-order valence-electron chi connectivity index (χ2n) is 5.39. The van der Waals surface area contributed by atoms with Gasteiger partial charge in [-0.3, -0.25) is 9.52 Å². The number of carbonyl (C=O) groups excluding carboxylic acids is 1. The number of rotatable bonds is 5. The van der Waals surface area contributed by atoms with Crippen LogP contribution in [0.25, 0.3) is 0 Å². The highest BCUT2D eigenvalue weighted by Gasteiger charge is 2.16. The van der Waals surface area contributed by atoms with Crippen LogP contribution in [-0.4, -0.2) is 20.4 Å². The molecule has 0 spiro atoms. The Bertz CT molecular complexity index is 850. The normalized spacial score (nSPS) is 11.4. The summed E-state index contributed by atoms with van der Waals surface area (Å²) in [5.74, 6) is -0.258. The average Bonchev–Trinajstić information content (AvgIpc) is 2.50. The summed E-state index contributed by atoms with van der Waals surface area (Å²) < 4.78 is 27.2. The third-order valence-corrected chi connectivity index (χ3v) is 5.15. The molecule has 0 bridgehead atoms. The molecule has 0 unspecified atom stereocenters. The molecule has 0 fully saturated rings. The van der Waals surface area contributed by atoms with Crippen LogP contribution >= 0.6 is 23.2 Å². The summed E-state index contributed by atoms with van der Waals surface area (Å²) in [7, 11) is -3.79. The maximum atomic E-state index is 12.4. The molecule has 0 aliphatic rings. The lowest BCUT2D eigenvalue weighted by molar-refractivity contribution is 0.0943. The monoisotopic (exact) mass is 386 g/mol. The van der Waals surface area contributed by atoms with Crippen molar-refractivity contribution in [3.8, 4) is 0 Å². The summed E-state index contributed by atoms with van der Waals surface area (Å²) in [5, 5.41) is 3.32. The predicted molar refractivity (Wildman–Crippen MR) is 96.3 cm³/mol. The SMILES string of the molecule is CC(C)NC(=O)c1ccc(S(=O)(=O)Nc2ccc(Cl)c(Cl)c2)cc1. The lowest BCUT2D eigenvalue weighted by Gasteiger charge is -2.11. The fourth-order valence-corrected chi connectivity index (χ4v) is 3.25. The molecule has 2 aromatic rings. The molecule has 0 radical (unpaired) electrons. The van der Waals surface area contributed by atoms with Crippen molar-refractivity contribution in [1.82, 2.24) is 5.32 Å². The lowest BCUT2D eigenvalue weighted by atomic mass is 10.2. The van der Waals surface area contributed by atoms with E-state index in [4.69, 9.17) is 23.2 Å². The highest BCUT2D eigenvalue weighted by atomic mass is 35.5. The molecule has 5 nitrogen and oxygen atoms in total. The number of sulfonamides is 1. The number of halogens is 2. The Labute approximate surface area is 151 Å². The molecule has 0 atom stereocenters. The van der Waals surface area contributed by atoms with E-state index in [2.05, 4.69) is 10.0 Å². The topological polar surface area (TPSA) is 75.3 Å². The molecule has 2 aromatic carbocycles. The van der Waals surface area contributed by atoms with Gasteiger partial charge in [0.25, 0.3) is 15.9 Å². The third-order valence-electron chi connectivity index (χ3n) is 3.02. The van der Waals surface area contributed by atoms with Crippen molar-refractivity contribution < 1.29 is 13.2 Å². The van der Waals surface area contributed by atoms with Crippen LogP contribution in [0.2, 0.25) is 10.0 Å². The smallest absolute Gasteiger partial charge is 0.261 e. The van der Waals surface area contributed by atoms with Crippen LogP contribution in [0, 0.1) is 0 Å². The second-order valence-corrected chi connectivity index (χ2v) is 7.88. The number of anilines is 1. The molecule has 24 heavy (non-hydrogen) atoms. The second kappa shape index (κ2) is 7.42. The van der Waals surface area contributed by atoms with E-state index in [1.807, 2.05) is 13.8 Å². The van der Waals surface area contributed by atoms with E-state index >= 15 is 0 Å². The van der Waals surface area contributed by atoms with Gasteiger partial charge in [0.15, 0.2) is 0 Å². The van der Waals surface area contributed by atoms with E-state index in [1.165, 1.54) is 42.5 Å². The Morgan fingerprint density at radius 2 is 1.62 bits per heavy atom. The van der Waals surface area contributed by atoms with Crippen LogP contribution in [0.3, 0.4) is 0 Å². The number of nitrogens with one attached hydrogen (secondary N) is 2. The first kappa shape index (κ1) is 18.6. The first-order chi connectivity index (χ1) is 11.2. The minimum absolute atomic E-state index is 0.00257. The zero-order valence-electron chi connectivity index (χ0n) is 13.0. The number of carbonyl (C=O) groups is 1. The fourth-order valence-electron chi connectivity index (χ4n) is 1.90. The molecule has 8 heteroatoms. The van der Waals surface area contributed by atoms with Crippen LogP contribution < -0.4 is 10.0 Å². The van der Waals surface area contributed by atoms with E-state index in [1.54, 1.807) is 0 Å². The number of benzene rings is 2. The van der Waals surface area contributed by atoms with Gasteiger partial charge in [0.05, 0.1) is 20.6 Å². The molecule has 128 valence electrons. The summed E-state index contributed by atoms with van der Waals surface area (Å²) in [6.45, 7) is 3.69. The molecule has 1 amide bonds. The van der Waals surface area contributed by atoms with E-state index in [0.29, 0.717) is 16.3 Å². The molecular formula is C16H16Cl2N2O3S. The first-order valence-electron chi connectivity index (χ1n) is 7.08. The van der Waals surface area contributed by atoms with E-state index in [-0.39, 0.29) is 21.9 Å². The fraction of sp³-hybridized carbons (Fsp3) is 0.188. The maximum Gasteiger partial charge on any atom is 0.261 e. The lowest BCUT2D eigenvalue weighted by Crippen LogP contribution is -2.30. The van der Waals surface area contributed by atoms with Gasteiger partial charge in [-0.15, -0.1) is 0 Å². The summed E-state index contributed by atoms with van der Waals surface area (Å²) in [6.07, 6.45) is 0. The van der Waals surface area contributed by atoms with Crippen molar-refractivity contribution in [1.29, 1.82) is 0 Å². The van der Waals surface area contributed by atoms with E-state index < -0.39 is 10.0 Å². The Kier molecular flexibility index (Phi) is 5.74. The molecule has 0 aliphatic carbocycles. The summed E-state index contributed by atoms with van der Waals surface area (Å²) in [5.41, 5.74) is 0.684. The van der Waals surface area contributed by atoms with Gasteiger partial charge in [0.2, 0.25) is 0 Å². The zero-order chi connectivity index (χ0) is 17.9. The highest BCUT2D eigenvalue weighted by molar-refractivity contribution is 7.92. The standard InChI is InChI=1S/C16H16Cl2N2O3S/c1-10(2)19-16(21)11-3-6-13(7-4-11)24(22,23)20-12-5-8-14(17)15(18)9-12/h3-10,20H,1-2H3,(H,19,21). The minimum atomic E-state index is -3.79. The van der Waals surface area contributed by atoms with Gasteiger partial charge in [-0.2, -0.15) is 0 Å². The number of hydrogen-bond donors (Lipinski definition) is 2. The van der Waals surface area contributed by atoms with Crippen molar-refractivity contribution in [2.75, 3.05) is 4.72 Å². The Morgan fingerprint density at radius 3 is 2.17 bits per heavy atom. The summed E-state index contributed by atoms with van der Waals surface area (Å²) in [6, 6.07) is 10.1. The van der Waals surface area contributed by atoms with Crippen molar-refractivity contribution in [3.63, 3.8) is 0 Å². The summed E-state index contributed by atoms with van der Waals surface area (Å²) >= 11 is 11.7. The largest absolute Gasteiger partial charge is 0.350 e. The predicted octanol–water partition coefficient (Wildman–Crippen LogP) is 3.93. The first-order valence-corrected chi connectivity index (χ1v) is 9.32. The molecule has 0 saturated heterocycles. The van der Waals surface area contributed by atoms with Crippen LogP contribution in [0.4, 0.5) is 5.69 Å². The number of amides is 1. The van der Waals surface area contributed by atoms with Gasteiger partial charge in [0.1, 0.15) is 0 Å². The van der Waals surface area contributed by atoms with Gasteiger partial charge in [-0.05, 0) is 56.3 Å². The minimum Gasteiger partial charge on any atom is -0.350 e. The van der Waals surface area contributed by atoms with Gasteiger partial charge in [0, 0.05) is 11.6 Å².